The van der Waals surface area contributed by atoms with Crippen LogP contribution >= 0.6 is 11.3 Å². The number of hydrogen-bond acceptors (Lipinski definition) is 2. The third-order valence-electron chi connectivity index (χ3n) is 3.55. The average molecular weight is 289 g/mol. The molecule has 1 fully saturated rings. The molecular weight excluding hydrogens is 273 g/mol. The molecule has 1 amide bonds. The third-order valence-corrected chi connectivity index (χ3v) is 4.55. The van der Waals surface area contributed by atoms with Crippen LogP contribution in [0, 0.1) is 12.7 Å². The van der Waals surface area contributed by atoms with Crippen molar-refractivity contribution in [3.63, 3.8) is 0 Å². The molecule has 2 nitrogen and oxygen atoms in total. The molecule has 20 heavy (non-hydrogen) atoms. The molecule has 0 atom stereocenters. The van der Waals surface area contributed by atoms with Gasteiger partial charge < -0.3 is 4.90 Å². The SMILES string of the molecule is Cc1ccsc1C(=O)N(Cc1cccc(F)c1)C1CC1. The number of thiophene rings is 1. The first-order valence-electron chi connectivity index (χ1n) is 6.74. The normalized spacial score (nSPS) is 14.3. The van der Waals surface area contributed by atoms with Crippen LogP contribution in [0.15, 0.2) is 35.7 Å². The number of nitrogens with zero attached hydrogens (tertiary/aromatic N) is 1. The molecule has 2 aromatic rings. The lowest BCUT2D eigenvalue weighted by Crippen LogP contribution is -2.32. The van der Waals surface area contributed by atoms with Crippen LogP contribution in [-0.2, 0) is 6.54 Å². The molecule has 0 saturated heterocycles. The zero-order valence-electron chi connectivity index (χ0n) is 11.3. The quantitative estimate of drug-likeness (QED) is 0.833. The predicted octanol–water partition coefficient (Wildman–Crippen LogP) is 4.00. The molecule has 1 heterocycles. The summed E-state index contributed by atoms with van der Waals surface area (Å²) in [6.07, 6.45) is 2.09. The second kappa shape index (κ2) is 5.37. The number of hydrogen-bond donors (Lipinski definition) is 0. The molecule has 104 valence electrons. The lowest BCUT2D eigenvalue weighted by Gasteiger charge is -2.22. The van der Waals surface area contributed by atoms with Crippen molar-refractivity contribution in [3.8, 4) is 0 Å². The van der Waals surface area contributed by atoms with Crippen LogP contribution in [0.25, 0.3) is 0 Å². The van der Waals surface area contributed by atoms with Crippen LogP contribution in [0.3, 0.4) is 0 Å². The smallest absolute Gasteiger partial charge is 0.264 e. The van der Waals surface area contributed by atoms with Crippen LogP contribution in [0.2, 0.25) is 0 Å². The molecule has 1 aliphatic carbocycles. The molecular formula is C16H16FNOS. The number of carbonyl (C=O) groups excluding carboxylic acids is 1. The Morgan fingerprint density at radius 2 is 2.20 bits per heavy atom. The number of halogens is 1. The number of aryl methyl sites for hydroxylation is 1. The summed E-state index contributed by atoms with van der Waals surface area (Å²) >= 11 is 1.48. The van der Waals surface area contributed by atoms with Crippen LogP contribution in [0.5, 0.6) is 0 Å². The number of carbonyl (C=O) groups is 1. The summed E-state index contributed by atoms with van der Waals surface area (Å²) in [4.78, 5) is 15.3. The first kappa shape index (κ1) is 13.3. The van der Waals surface area contributed by atoms with E-state index in [-0.39, 0.29) is 11.7 Å². The Morgan fingerprint density at radius 1 is 1.40 bits per heavy atom. The fraction of sp³-hybridized carbons (Fsp3) is 0.312. The zero-order valence-corrected chi connectivity index (χ0v) is 12.1. The monoisotopic (exact) mass is 289 g/mol. The van der Waals surface area contributed by atoms with Crippen LogP contribution in [0.4, 0.5) is 4.39 Å². The van der Waals surface area contributed by atoms with Crippen molar-refractivity contribution in [1.29, 1.82) is 0 Å². The van der Waals surface area contributed by atoms with Crippen LogP contribution < -0.4 is 0 Å². The highest BCUT2D eigenvalue weighted by Crippen LogP contribution is 2.31. The van der Waals surface area contributed by atoms with Gasteiger partial charge in [0.15, 0.2) is 0 Å². The first-order chi connectivity index (χ1) is 9.65. The van der Waals surface area contributed by atoms with E-state index in [1.165, 1.54) is 23.5 Å². The highest BCUT2D eigenvalue weighted by Gasteiger charge is 2.33. The summed E-state index contributed by atoms with van der Waals surface area (Å²) in [6.45, 7) is 2.44. The van der Waals surface area contributed by atoms with Gasteiger partial charge in [-0.2, -0.15) is 0 Å². The summed E-state index contributed by atoms with van der Waals surface area (Å²) in [7, 11) is 0. The van der Waals surface area contributed by atoms with E-state index in [1.807, 2.05) is 29.3 Å². The molecule has 1 aromatic heterocycles. The van der Waals surface area contributed by atoms with Crippen molar-refractivity contribution in [2.45, 2.75) is 32.4 Å². The van der Waals surface area contributed by atoms with Gasteiger partial charge in [0.2, 0.25) is 0 Å². The molecule has 1 saturated carbocycles. The van der Waals surface area contributed by atoms with E-state index in [1.54, 1.807) is 6.07 Å². The molecule has 0 aliphatic heterocycles. The minimum absolute atomic E-state index is 0.0734. The highest BCUT2D eigenvalue weighted by atomic mass is 32.1. The Labute approximate surface area is 121 Å². The second-order valence-electron chi connectivity index (χ2n) is 5.23. The average Bonchev–Trinajstić information content (AvgIpc) is 3.17. The van der Waals surface area contributed by atoms with Crippen molar-refractivity contribution in [1.82, 2.24) is 4.90 Å². The van der Waals surface area contributed by atoms with Crippen LogP contribution in [0.1, 0.15) is 33.6 Å². The van der Waals surface area contributed by atoms with E-state index in [0.717, 1.165) is 28.8 Å². The molecule has 0 unspecified atom stereocenters. The lowest BCUT2D eigenvalue weighted by atomic mass is 10.2. The molecule has 3 rings (SSSR count). The molecule has 4 heteroatoms. The van der Waals surface area contributed by atoms with E-state index in [4.69, 9.17) is 0 Å². The van der Waals surface area contributed by atoms with Gasteiger partial charge in [-0.1, -0.05) is 12.1 Å². The summed E-state index contributed by atoms with van der Waals surface area (Å²) in [5, 5.41) is 1.94. The standard InChI is InChI=1S/C16H16FNOS/c1-11-7-8-20-15(11)16(19)18(14-5-6-14)10-12-3-2-4-13(17)9-12/h2-4,7-9,14H,5-6,10H2,1H3. The van der Waals surface area contributed by atoms with Crippen molar-refractivity contribution in [2.24, 2.45) is 0 Å². The van der Waals surface area contributed by atoms with Crippen molar-refractivity contribution < 1.29 is 9.18 Å². The van der Waals surface area contributed by atoms with Gasteiger partial charge >= 0.3 is 0 Å². The van der Waals surface area contributed by atoms with Gasteiger partial charge in [-0.25, -0.2) is 4.39 Å². The van der Waals surface area contributed by atoms with E-state index in [9.17, 15) is 9.18 Å². The Hall–Kier alpha value is -1.68. The van der Waals surface area contributed by atoms with Gasteiger partial charge in [-0.3, -0.25) is 4.79 Å². The molecule has 1 aliphatic rings. The Bertz CT molecular complexity index is 633. The highest BCUT2D eigenvalue weighted by molar-refractivity contribution is 7.12. The summed E-state index contributed by atoms with van der Waals surface area (Å²) < 4.78 is 13.3. The molecule has 0 radical (unpaired) electrons. The van der Waals surface area contributed by atoms with Gasteiger partial charge in [-0.05, 0) is 54.5 Å². The topological polar surface area (TPSA) is 20.3 Å². The molecule has 0 bridgehead atoms. The molecule has 1 aromatic carbocycles. The maximum atomic E-state index is 13.3. The van der Waals surface area contributed by atoms with E-state index >= 15 is 0 Å². The lowest BCUT2D eigenvalue weighted by molar-refractivity contribution is 0.0734. The van der Waals surface area contributed by atoms with Gasteiger partial charge in [0, 0.05) is 12.6 Å². The van der Waals surface area contributed by atoms with Gasteiger partial charge in [-0.15, -0.1) is 11.3 Å². The maximum absolute atomic E-state index is 13.3. The van der Waals surface area contributed by atoms with Gasteiger partial charge in [0.05, 0.1) is 4.88 Å². The summed E-state index contributed by atoms with van der Waals surface area (Å²) in [6, 6.07) is 8.77. The Morgan fingerprint density at radius 3 is 2.80 bits per heavy atom. The van der Waals surface area contributed by atoms with Crippen molar-refractivity contribution in [2.75, 3.05) is 0 Å². The largest absolute Gasteiger partial charge is 0.331 e. The van der Waals surface area contributed by atoms with E-state index in [0.29, 0.717) is 12.6 Å². The van der Waals surface area contributed by atoms with Gasteiger partial charge in [0.1, 0.15) is 5.82 Å². The third kappa shape index (κ3) is 2.75. The fourth-order valence-corrected chi connectivity index (χ4v) is 3.19. The van der Waals surface area contributed by atoms with Crippen LogP contribution in [-0.4, -0.2) is 16.8 Å². The zero-order chi connectivity index (χ0) is 14.1. The molecule has 0 N–H and O–H groups in total. The number of benzene rings is 1. The van der Waals surface area contributed by atoms with Crippen molar-refractivity contribution in [3.05, 3.63) is 57.5 Å². The van der Waals surface area contributed by atoms with Gasteiger partial charge in [0.25, 0.3) is 5.91 Å². The Balaban J connectivity index is 1.83. The summed E-state index contributed by atoms with van der Waals surface area (Å²) in [5.41, 5.74) is 1.87. The second-order valence-corrected chi connectivity index (χ2v) is 6.14. The first-order valence-corrected chi connectivity index (χ1v) is 7.62. The molecule has 0 spiro atoms. The fourth-order valence-electron chi connectivity index (χ4n) is 2.31. The number of rotatable bonds is 4. The van der Waals surface area contributed by atoms with Crippen molar-refractivity contribution >= 4 is 17.2 Å². The predicted molar refractivity (Wildman–Crippen MR) is 78.4 cm³/mol. The Kier molecular flexibility index (Phi) is 3.57. The minimum atomic E-state index is -0.252. The minimum Gasteiger partial charge on any atom is -0.331 e. The maximum Gasteiger partial charge on any atom is 0.264 e. The summed E-state index contributed by atoms with van der Waals surface area (Å²) in [5.74, 6) is -0.178. The van der Waals surface area contributed by atoms with E-state index in [2.05, 4.69) is 0 Å². The number of amides is 1. The van der Waals surface area contributed by atoms with E-state index < -0.39 is 0 Å².